The van der Waals surface area contributed by atoms with Crippen molar-refractivity contribution in [3.05, 3.63) is 86.8 Å². The molecule has 0 amide bonds. The van der Waals surface area contributed by atoms with Crippen LogP contribution in [0.3, 0.4) is 0 Å². The van der Waals surface area contributed by atoms with Gasteiger partial charge in [-0.2, -0.15) is 0 Å². The lowest BCUT2D eigenvalue weighted by Crippen LogP contribution is -2.35. The van der Waals surface area contributed by atoms with Crippen molar-refractivity contribution in [3.8, 4) is 11.4 Å². The van der Waals surface area contributed by atoms with Gasteiger partial charge in [-0.05, 0) is 17.7 Å². The number of aromatic amines is 1. The zero-order valence-electron chi connectivity index (χ0n) is 13.7. The van der Waals surface area contributed by atoms with E-state index >= 15 is 0 Å². The molecule has 0 radical (unpaired) electrons. The van der Waals surface area contributed by atoms with Gasteiger partial charge in [-0.3, -0.25) is 9.69 Å². The Morgan fingerprint density at radius 3 is 2.76 bits per heavy atom. The monoisotopic (exact) mass is 351 g/mol. The van der Waals surface area contributed by atoms with Gasteiger partial charge in [-0.1, -0.05) is 54.1 Å². The largest absolute Gasteiger partial charge is 0.306 e. The molecule has 5 heteroatoms. The van der Waals surface area contributed by atoms with Gasteiger partial charge in [0.25, 0.3) is 5.56 Å². The van der Waals surface area contributed by atoms with Crippen LogP contribution in [-0.4, -0.2) is 21.4 Å². The van der Waals surface area contributed by atoms with Crippen LogP contribution in [0.5, 0.6) is 0 Å². The first-order chi connectivity index (χ1) is 12.2. The Morgan fingerprint density at radius 1 is 1.12 bits per heavy atom. The van der Waals surface area contributed by atoms with Crippen LogP contribution in [0.1, 0.15) is 16.8 Å². The molecule has 0 saturated carbocycles. The number of rotatable bonds is 3. The first kappa shape index (κ1) is 16.1. The van der Waals surface area contributed by atoms with Crippen molar-refractivity contribution in [2.24, 2.45) is 0 Å². The number of halogens is 1. The van der Waals surface area contributed by atoms with E-state index in [1.54, 1.807) is 0 Å². The summed E-state index contributed by atoms with van der Waals surface area (Å²) in [7, 11) is 0. The predicted molar refractivity (Wildman–Crippen MR) is 99.6 cm³/mol. The van der Waals surface area contributed by atoms with E-state index < -0.39 is 0 Å². The number of hydrogen-bond donors (Lipinski definition) is 1. The zero-order chi connectivity index (χ0) is 17.2. The van der Waals surface area contributed by atoms with E-state index in [0.29, 0.717) is 12.4 Å². The van der Waals surface area contributed by atoms with Crippen molar-refractivity contribution >= 4 is 11.6 Å². The zero-order valence-corrected chi connectivity index (χ0v) is 14.5. The maximum Gasteiger partial charge on any atom is 0.255 e. The van der Waals surface area contributed by atoms with E-state index in [2.05, 4.69) is 16.0 Å². The Hall–Kier alpha value is -2.43. The van der Waals surface area contributed by atoms with Gasteiger partial charge < -0.3 is 4.98 Å². The number of hydrogen-bond acceptors (Lipinski definition) is 3. The van der Waals surface area contributed by atoms with Crippen LogP contribution in [0.25, 0.3) is 11.4 Å². The number of nitrogens with zero attached hydrogens (tertiary/aromatic N) is 2. The Bertz CT molecular complexity index is 953. The fraction of sp³-hybridized carbons (Fsp3) is 0.200. The molecule has 3 aromatic rings. The van der Waals surface area contributed by atoms with Crippen LogP contribution in [0.2, 0.25) is 5.02 Å². The number of benzene rings is 2. The molecule has 0 saturated heterocycles. The molecule has 0 unspecified atom stereocenters. The predicted octanol–water partition coefficient (Wildman–Crippen LogP) is 3.65. The summed E-state index contributed by atoms with van der Waals surface area (Å²) >= 11 is 6.06. The summed E-state index contributed by atoms with van der Waals surface area (Å²) in [6.07, 6.45) is 0.777. The molecular formula is C20H18ClN3O. The van der Waals surface area contributed by atoms with E-state index in [1.807, 2.05) is 48.5 Å². The minimum atomic E-state index is -0.0420. The van der Waals surface area contributed by atoms with Crippen molar-refractivity contribution in [2.75, 3.05) is 6.54 Å². The van der Waals surface area contributed by atoms with Crippen molar-refractivity contribution in [2.45, 2.75) is 19.5 Å². The molecule has 1 aliphatic heterocycles. The Labute approximate surface area is 151 Å². The fourth-order valence-electron chi connectivity index (χ4n) is 3.24. The van der Waals surface area contributed by atoms with Crippen LogP contribution < -0.4 is 5.56 Å². The molecule has 2 heterocycles. The first-order valence-corrected chi connectivity index (χ1v) is 8.71. The molecule has 1 N–H and O–H groups in total. The molecule has 0 aliphatic carbocycles. The van der Waals surface area contributed by atoms with E-state index in [9.17, 15) is 4.79 Å². The van der Waals surface area contributed by atoms with E-state index in [1.165, 1.54) is 0 Å². The highest BCUT2D eigenvalue weighted by atomic mass is 35.5. The third-order valence-electron chi connectivity index (χ3n) is 4.49. The minimum absolute atomic E-state index is 0.0420. The normalized spacial score (nSPS) is 14.3. The standard InChI is InChI=1S/C20H18ClN3O/c21-16-8-4-5-14(11-16)12-24-10-9-18-17(13-24)20(25)23-19(22-18)15-6-2-1-3-7-15/h1-8,11H,9-10,12-13H2,(H,22,23,25). The third-order valence-corrected chi connectivity index (χ3v) is 4.73. The SMILES string of the molecule is O=c1[nH]c(-c2ccccc2)nc2c1CN(Cc1cccc(Cl)c1)CC2. The molecule has 4 nitrogen and oxygen atoms in total. The Kier molecular flexibility index (Phi) is 4.38. The van der Waals surface area contributed by atoms with Crippen LogP contribution in [0.15, 0.2) is 59.4 Å². The van der Waals surface area contributed by atoms with Gasteiger partial charge in [0.05, 0.1) is 11.3 Å². The van der Waals surface area contributed by atoms with Crippen LogP contribution in [0.4, 0.5) is 0 Å². The van der Waals surface area contributed by atoms with Gasteiger partial charge in [0, 0.05) is 36.6 Å². The Balaban J connectivity index is 1.58. The van der Waals surface area contributed by atoms with Crippen molar-refractivity contribution < 1.29 is 0 Å². The summed E-state index contributed by atoms with van der Waals surface area (Å²) < 4.78 is 0. The summed E-state index contributed by atoms with van der Waals surface area (Å²) in [5, 5.41) is 0.738. The van der Waals surface area contributed by atoms with Gasteiger partial charge in [0.1, 0.15) is 5.82 Å². The molecule has 0 atom stereocenters. The maximum atomic E-state index is 12.6. The van der Waals surface area contributed by atoms with Gasteiger partial charge in [0.2, 0.25) is 0 Å². The molecule has 126 valence electrons. The smallest absolute Gasteiger partial charge is 0.255 e. The molecule has 25 heavy (non-hydrogen) atoms. The molecule has 1 aliphatic rings. The van der Waals surface area contributed by atoms with Gasteiger partial charge >= 0.3 is 0 Å². The lowest BCUT2D eigenvalue weighted by atomic mass is 10.1. The number of nitrogens with one attached hydrogen (secondary N) is 1. The summed E-state index contributed by atoms with van der Waals surface area (Å²) in [5.41, 5.74) is 3.72. The molecule has 4 rings (SSSR count). The Morgan fingerprint density at radius 2 is 1.96 bits per heavy atom. The number of fused-ring (bicyclic) bond motifs is 1. The second kappa shape index (κ2) is 6.82. The topological polar surface area (TPSA) is 49.0 Å². The summed E-state index contributed by atoms with van der Waals surface area (Å²) in [6, 6.07) is 17.6. The second-order valence-corrected chi connectivity index (χ2v) is 6.73. The third kappa shape index (κ3) is 3.50. The summed E-state index contributed by atoms with van der Waals surface area (Å²) in [5.74, 6) is 0.646. The maximum absolute atomic E-state index is 12.6. The lowest BCUT2D eigenvalue weighted by Gasteiger charge is -2.27. The highest BCUT2D eigenvalue weighted by Crippen LogP contribution is 2.20. The second-order valence-electron chi connectivity index (χ2n) is 6.30. The van der Waals surface area contributed by atoms with Crippen LogP contribution in [0, 0.1) is 0 Å². The van der Waals surface area contributed by atoms with E-state index in [4.69, 9.17) is 16.6 Å². The van der Waals surface area contributed by atoms with E-state index in [0.717, 1.165) is 46.9 Å². The molecule has 0 fully saturated rings. The van der Waals surface area contributed by atoms with Gasteiger partial charge in [-0.25, -0.2) is 4.98 Å². The molecule has 0 bridgehead atoms. The van der Waals surface area contributed by atoms with Crippen LogP contribution >= 0.6 is 11.6 Å². The number of H-pyrrole nitrogens is 1. The van der Waals surface area contributed by atoms with Crippen molar-refractivity contribution in [3.63, 3.8) is 0 Å². The average Bonchev–Trinajstić information content (AvgIpc) is 2.63. The minimum Gasteiger partial charge on any atom is -0.306 e. The lowest BCUT2D eigenvalue weighted by molar-refractivity contribution is 0.242. The average molecular weight is 352 g/mol. The highest BCUT2D eigenvalue weighted by Gasteiger charge is 2.21. The quantitative estimate of drug-likeness (QED) is 0.783. The fourth-order valence-corrected chi connectivity index (χ4v) is 3.46. The molecular weight excluding hydrogens is 334 g/mol. The van der Waals surface area contributed by atoms with Crippen molar-refractivity contribution in [1.82, 2.24) is 14.9 Å². The highest BCUT2D eigenvalue weighted by molar-refractivity contribution is 6.30. The van der Waals surface area contributed by atoms with Crippen LogP contribution in [-0.2, 0) is 19.5 Å². The molecule has 1 aromatic heterocycles. The van der Waals surface area contributed by atoms with Gasteiger partial charge in [0.15, 0.2) is 0 Å². The summed E-state index contributed by atoms with van der Waals surface area (Å²) in [4.78, 5) is 22.5. The number of aromatic nitrogens is 2. The summed E-state index contributed by atoms with van der Waals surface area (Å²) in [6.45, 7) is 2.27. The molecule has 2 aromatic carbocycles. The molecule has 0 spiro atoms. The van der Waals surface area contributed by atoms with Gasteiger partial charge in [-0.15, -0.1) is 0 Å². The first-order valence-electron chi connectivity index (χ1n) is 8.33. The van der Waals surface area contributed by atoms with E-state index in [-0.39, 0.29) is 5.56 Å². The van der Waals surface area contributed by atoms with Crippen molar-refractivity contribution in [1.29, 1.82) is 0 Å².